The zero-order valence-corrected chi connectivity index (χ0v) is 14.2. The van der Waals surface area contributed by atoms with Gasteiger partial charge in [-0.15, -0.1) is 0 Å². The van der Waals surface area contributed by atoms with Gasteiger partial charge in [-0.2, -0.15) is 0 Å². The molecule has 21 heavy (non-hydrogen) atoms. The number of anilines is 1. The molecule has 0 aliphatic heterocycles. The van der Waals surface area contributed by atoms with Crippen LogP contribution in [0.1, 0.15) is 26.3 Å². The van der Waals surface area contributed by atoms with E-state index >= 15 is 0 Å². The predicted molar refractivity (Wildman–Crippen MR) is 86.9 cm³/mol. The summed E-state index contributed by atoms with van der Waals surface area (Å²) in [5.41, 5.74) is 7.50. The van der Waals surface area contributed by atoms with Gasteiger partial charge >= 0.3 is 0 Å². The van der Waals surface area contributed by atoms with Crippen molar-refractivity contribution in [3.05, 3.63) is 41.8 Å². The predicted octanol–water partition coefficient (Wildman–Crippen LogP) is 4.13. The van der Waals surface area contributed by atoms with Crippen molar-refractivity contribution >= 4 is 14.7 Å². The second-order valence-electron chi connectivity index (χ2n) is 6.38. The van der Waals surface area contributed by atoms with E-state index in [9.17, 15) is 4.39 Å². The molecule has 2 N–H and O–H groups in total. The van der Waals surface area contributed by atoms with Gasteiger partial charge in [0.15, 0.2) is 5.88 Å². The van der Waals surface area contributed by atoms with Crippen molar-refractivity contribution in [3.63, 3.8) is 0 Å². The van der Waals surface area contributed by atoms with E-state index in [4.69, 9.17) is 10.2 Å². The molecule has 1 aromatic heterocycles. The minimum Gasteiger partial charge on any atom is -0.530 e. The fourth-order valence-corrected chi connectivity index (χ4v) is 2.79. The molecule has 1 heterocycles. The van der Waals surface area contributed by atoms with E-state index in [0.29, 0.717) is 11.4 Å². The number of halogens is 1. The molecule has 0 amide bonds. The molecule has 2 rings (SSSR count). The third kappa shape index (κ3) is 3.29. The molecule has 1 aromatic carbocycles. The maximum atomic E-state index is 14.2. The monoisotopic (exact) mass is 305 g/mol. The first-order chi connectivity index (χ1) is 9.70. The number of nitrogen functional groups attached to an aromatic ring is 1. The molecule has 0 bridgehead atoms. The molecule has 5 heteroatoms. The van der Waals surface area contributed by atoms with Gasteiger partial charge < -0.3 is 10.2 Å². The SMILES string of the molecule is C[Si](C)Oc1c(C(C)(C)C)ccn1-c1ccc(N)cc1F. The maximum Gasteiger partial charge on any atom is 0.276 e. The number of benzene rings is 1. The smallest absolute Gasteiger partial charge is 0.276 e. The van der Waals surface area contributed by atoms with Gasteiger partial charge in [0.05, 0.1) is 5.69 Å². The van der Waals surface area contributed by atoms with E-state index in [0.717, 1.165) is 11.4 Å². The van der Waals surface area contributed by atoms with Crippen LogP contribution < -0.4 is 10.2 Å². The first kappa shape index (κ1) is 15.6. The van der Waals surface area contributed by atoms with Crippen LogP contribution in [0, 0.1) is 5.82 Å². The Kier molecular flexibility index (Phi) is 4.14. The van der Waals surface area contributed by atoms with Gasteiger partial charge in [-0.3, -0.25) is 4.57 Å². The highest BCUT2D eigenvalue weighted by molar-refractivity contribution is 6.49. The summed E-state index contributed by atoms with van der Waals surface area (Å²) >= 11 is 0. The molecule has 0 saturated carbocycles. The largest absolute Gasteiger partial charge is 0.530 e. The summed E-state index contributed by atoms with van der Waals surface area (Å²) in [4.78, 5) is 0. The zero-order valence-electron chi connectivity index (χ0n) is 13.2. The van der Waals surface area contributed by atoms with Crippen molar-refractivity contribution in [1.82, 2.24) is 4.57 Å². The fourth-order valence-electron chi connectivity index (χ4n) is 2.19. The van der Waals surface area contributed by atoms with Crippen LogP contribution >= 0.6 is 0 Å². The van der Waals surface area contributed by atoms with Crippen LogP contribution in [-0.2, 0) is 5.41 Å². The van der Waals surface area contributed by atoms with E-state index in [1.807, 2.05) is 12.3 Å². The Hall–Kier alpha value is -1.75. The molecule has 0 fully saturated rings. The van der Waals surface area contributed by atoms with Gasteiger partial charge in [0.2, 0.25) is 0 Å². The topological polar surface area (TPSA) is 40.2 Å². The van der Waals surface area contributed by atoms with Gasteiger partial charge in [0.25, 0.3) is 9.04 Å². The molecular weight excluding hydrogens is 283 g/mol. The summed E-state index contributed by atoms with van der Waals surface area (Å²) in [7, 11) is -0.957. The lowest BCUT2D eigenvalue weighted by atomic mass is 9.89. The summed E-state index contributed by atoms with van der Waals surface area (Å²) in [6.45, 7) is 10.5. The maximum absolute atomic E-state index is 14.2. The van der Waals surface area contributed by atoms with E-state index in [1.54, 1.807) is 16.7 Å². The number of nitrogens with zero attached hydrogens (tertiary/aromatic N) is 1. The van der Waals surface area contributed by atoms with Crippen molar-refractivity contribution in [2.45, 2.75) is 39.3 Å². The summed E-state index contributed by atoms with van der Waals surface area (Å²) in [6.07, 6.45) is 1.86. The third-order valence-corrected chi connectivity index (χ3v) is 3.78. The normalized spacial score (nSPS) is 12.0. The molecule has 0 spiro atoms. The molecule has 113 valence electrons. The average molecular weight is 305 g/mol. The Bertz CT molecular complexity index is 644. The number of hydrogen-bond donors (Lipinski definition) is 1. The van der Waals surface area contributed by atoms with Gasteiger partial charge in [-0.05, 0) is 42.8 Å². The molecule has 0 aliphatic carbocycles. The second-order valence-corrected chi connectivity index (χ2v) is 8.40. The molecule has 0 atom stereocenters. The van der Waals surface area contributed by atoms with E-state index in [-0.39, 0.29) is 11.2 Å². The van der Waals surface area contributed by atoms with Gasteiger partial charge in [0.1, 0.15) is 5.82 Å². The van der Waals surface area contributed by atoms with Crippen molar-refractivity contribution < 1.29 is 8.82 Å². The lowest BCUT2D eigenvalue weighted by Gasteiger charge is -2.22. The lowest BCUT2D eigenvalue weighted by Crippen LogP contribution is -2.19. The lowest BCUT2D eigenvalue weighted by molar-refractivity contribution is 0.494. The zero-order chi connectivity index (χ0) is 15.8. The van der Waals surface area contributed by atoms with Crippen LogP contribution in [0.5, 0.6) is 5.88 Å². The summed E-state index contributed by atoms with van der Waals surface area (Å²) in [5.74, 6) is 0.377. The Morgan fingerprint density at radius 2 is 1.86 bits per heavy atom. The Labute approximate surface area is 127 Å². The molecule has 3 nitrogen and oxygen atoms in total. The summed E-state index contributed by atoms with van der Waals surface area (Å²) < 4.78 is 22.0. The van der Waals surface area contributed by atoms with Crippen LogP contribution in [0.4, 0.5) is 10.1 Å². The van der Waals surface area contributed by atoms with Crippen molar-refractivity contribution in [2.75, 3.05) is 5.73 Å². The van der Waals surface area contributed by atoms with Crippen LogP contribution in [0.15, 0.2) is 30.5 Å². The van der Waals surface area contributed by atoms with Crippen LogP contribution in [0.25, 0.3) is 5.69 Å². The first-order valence-corrected chi connectivity index (χ1v) is 9.36. The fraction of sp³-hybridized carbons (Fsp3) is 0.375. The minimum absolute atomic E-state index is 0.0673. The van der Waals surface area contributed by atoms with Gasteiger partial charge in [0, 0.05) is 17.4 Å². The molecule has 2 aromatic rings. The van der Waals surface area contributed by atoms with Gasteiger partial charge in [-0.25, -0.2) is 4.39 Å². The molecule has 0 saturated heterocycles. The summed E-state index contributed by atoms with van der Waals surface area (Å²) in [6, 6.07) is 6.71. The Morgan fingerprint density at radius 3 is 2.38 bits per heavy atom. The number of rotatable bonds is 3. The Balaban J connectivity index is 2.60. The number of hydrogen-bond acceptors (Lipinski definition) is 2. The van der Waals surface area contributed by atoms with Crippen molar-refractivity contribution in [1.29, 1.82) is 0 Å². The van der Waals surface area contributed by atoms with Crippen LogP contribution in [0.2, 0.25) is 13.1 Å². The standard InChI is InChI=1S/C16H22FN2OSi/c1-16(2,3)12-8-9-19(15(12)20-21(4)5)14-7-6-11(18)10-13(14)17/h6-10H,18H2,1-5H3. The first-order valence-electron chi connectivity index (χ1n) is 6.95. The van der Waals surface area contributed by atoms with Crippen LogP contribution in [0.3, 0.4) is 0 Å². The number of aromatic nitrogens is 1. The Morgan fingerprint density at radius 1 is 1.19 bits per heavy atom. The average Bonchev–Trinajstić information content (AvgIpc) is 2.71. The third-order valence-electron chi connectivity index (χ3n) is 3.18. The molecule has 1 radical (unpaired) electrons. The van der Waals surface area contributed by atoms with Gasteiger partial charge in [-0.1, -0.05) is 20.8 Å². The second kappa shape index (κ2) is 5.56. The van der Waals surface area contributed by atoms with E-state index in [2.05, 4.69) is 33.9 Å². The number of nitrogens with two attached hydrogens (primary N) is 1. The highest BCUT2D eigenvalue weighted by Gasteiger charge is 2.24. The van der Waals surface area contributed by atoms with Crippen molar-refractivity contribution in [2.24, 2.45) is 0 Å². The highest BCUT2D eigenvalue weighted by Crippen LogP contribution is 2.35. The van der Waals surface area contributed by atoms with Crippen LogP contribution in [-0.4, -0.2) is 13.6 Å². The molecular formula is C16H22FN2OSi. The summed E-state index contributed by atoms with van der Waals surface area (Å²) in [5, 5.41) is 0. The van der Waals surface area contributed by atoms with E-state index in [1.165, 1.54) is 6.07 Å². The quantitative estimate of drug-likeness (QED) is 0.684. The minimum atomic E-state index is -0.957. The molecule has 0 unspecified atom stereocenters. The van der Waals surface area contributed by atoms with Crippen molar-refractivity contribution in [3.8, 4) is 11.6 Å². The highest BCUT2D eigenvalue weighted by atomic mass is 28.3. The molecule has 0 aliphatic rings. The van der Waals surface area contributed by atoms with E-state index < -0.39 is 9.04 Å².